The normalized spacial score (nSPS) is 9.95. The molecule has 2 aromatic carbocycles. The van der Waals surface area contributed by atoms with E-state index in [9.17, 15) is 0 Å². The predicted molar refractivity (Wildman–Crippen MR) is 77.3 cm³/mol. The molecule has 3 aromatic rings. The van der Waals surface area contributed by atoms with Gasteiger partial charge in [-0.3, -0.25) is 0 Å². The van der Waals surface area contributed by atoms with Crippen LogP contribution in [0.3, 0.4) is 0 Å². The van der Waals surface area contributed by atoms with Crippen molar-refractivity contribution in [3.63, 3.8) is 0 Å². The van der Waals surface area contributed by atoms with Crippen LogP contribution in [-0.2, 0) is 0 Å². The van der Waals surface area contributed by atoms with Crippen LogP contribution in [0.2, 0.25) is 0 Å². The molecule has 0 atom stereocenters. The van der Waals surface area contributed by atoms with E-state index >= 15 is 0 Å². The Labute approximate surface area is 112 Å². The fourth-order valence-electron chi connectivity index (χ4n) is 1.95. The number of fused-ring (bicyclic) bond motifs is 1. The molecule has 0 aliphatic rings. The Bertz CT molecular complexity index is 724. The third kappa shape index (κ3) is 2.46. The van der Waals surface area contributed by atoms with Crippen LogP contribution in [0.15, 0.2) is 54.6 Å². The number of hydrogen-bond acceptors (Lipinski definition) is 1. The van der Waals surface area contributed by atoms with E-state index in [0.717, 1.165) is 22.5 Å². The third-order valence-corrected chi connectivity index (χ3v) is 2.96. The van der Waals surface area contributed by atoms with Gasteiger partial charge in [0, 0.05) is 16.5 Å². The van der Waals surface area contributed by atoms with Gasteiger partial charge in [0.1, 0.15) is 5.75 Å². The summed E-state index contributed by atoms with van der Waals surface area (Å²) < 4.78 is 5.12. The smallest absolute Gasteiger partial charge is 0.118 e. The van der Waals surface area contributed by atoms with Crippen molar-refractivity contribution in [1.29, 1.82) is 0 Å². The van der Waals surface area contributed by atoms with Gasteiger partial charge < -0.3 is 9.72 Å². The third-order valence-electron chi connectivity index (χ3n) is 2.96. The van der Waals surface area contributed by atoms with Crippen LogP contribution >= 0.6 is 0 Å². The van der Waals surface area contributed by atoms with Crippen molar-refractivity contribution in [2.24, 2.45) is 0 Å². The number of aromatic amines is 1. The number of rotatable bonds is 1. The first-order valence-corrected chi connectivity index (χ1v) is 6.09. The minimum Gasteiger partial charge on any atom is -0.497 e. The second-order valence-electron chi connectivity index (χ2n) is 4.25. The Balaban J connectivity index is 1.89. The minimum atomic E-state index is 0.844. The maximum absolute atomic E-state index is 5.12. The summed E-state index contributed by atoms with van der Waals surface area (Å²) in [5.74, 6) is 7.12. The minimum absolute atomic E-state index is 0.844. The molecule has 1 heterocycles. The fourth-order valence-corrected chi connectivity index (χ4v) is 1.95. The lowest BCUT2D eigenvalue weighted by Crippen LogP contribution is -1.82. The maximum atomic E-state index is 5.12. The van der Waals surface area contributed by atoms with Crippen molar-refractivity contribution in [2.45, 2.75) is 0 Å². The van der Waals surface area contributed by atoms with E-state index in [-0.39, 0.29) is 0 Å². The van der Waals surface area contributed by atoms with Gasteiger partial charge in [0.15, 0.2) is 0 Å². The van der Waals surface area contributed by atoms with Crippen LogP contribution in [0, 0.1) is 11.8 Å². The van der Waals surface area contributed by atoms with Crippen LogP contribution < -0.4 is 4.74 Å². The Morgan fingerprint density at radius 3 is 2.47 bits per heavy atom. The average molecular weight is 247 g/mol. The van der Waals surface area contributed by atoms with Crippen molar-refractivity contribution in [3.05, 3.63) is 65.9 Å². The Morgan fingerprint density at radius 1 is 0.947 bits per heavy atom. The van der Waals surface area contributed by atoms with Gasteiger partial charge in [-0.2, -0.15) is 0 Å². The standard InChI is InChI=1S/C17H13NO/c1-19-16-10-7-13(8-11-16)6-9-15-12-14-4-2-3-5-17(14)18-15/h2-5,7-8,10-12,18H,1H3. The summed E-state index contributed by atoms with van der Waals surface area (Å²) in [7, 11) is 1.66. The highest BCUT2D eigenvalue weighted by molar-refractivity contribution is 5.81. The number of para-hydroxylation sites is 1. The van der Waals surface area contributed by atoms with Crippen LogP contribution in [-0.4, -0.2) is 12.1 Å². The molecule has 0 saturated heterocycles. The number of hydrogen-bond donors (Lipinski definition) is 1. The summed E-state index contributed by atoms with van der Waals surface area (Å²) in [6.45, 7) is 0. The molecule has 3 rings (SSSR count). The van der Waals surface area contributed by atoms with E-state index in [1.165, 1.54) is 5.39 Å². The molecule has 0 amide bonds. The molecule has 0 saturated carbocycles. The van der Waals surface area contributed by atoms with Crippen molar-refractivity contribution in [1.82, 2.24) is 4.98 Å². The zero-order chi connectivity index (χ0) is 13.1. The number of aromatic nitrogens is 1. The summed E-state index contributed by atoms with van der Waals surface area (Å²) in [6.07, 6.45) is 0. The van der Waals surface area contributed by atoms with Gasteiger partial charge in [-0.25, -0.2) is 0 Å². The summed E-state index contributed by atoms with van der Waals surface area (Å²) >= 11 is 0. The largest absolute Gasteiger partial charge is 0.497 e. The van der Waals surface area contributed by atoms with Crippen LogP contribution in [0.25, 0.3) is 10.9 Å². The molecular weight excluding hydrogens is 234 g/mol. The Kier molecular flexibility index (Phi) is 2.96. The highest BCUT2D eigenvalue weighted by atomic mass is 16.5. The first kappa shape index (κ1) is 11.4. The summed E-state index contributed by atoms with van der Waals surface area (Å²) in [5, 5.41) is 1.18. The van der Waals surface area contributed by atoms with Crippen LogP contribution in [0.5, 0.6) is 5.75 Å². The molecule has 1 N–H and O–H groups in total. The summed E-state index contributed by atoms with van der Waals surface area (Å²) in [6, 6.07) is 18.0. The molecule has 2 nitrogen and oxygen atoms in total. The summed E-state index contributed by atoms with van der Waals surface area (Å²) in [4.78, 5) is 3.29. The van der Waals surface area contributed by atoms with Crippen molar-refractivity contribution < 1.29 is 4.74 Å². The molecule has 1 aromatic heterocycles. The lowest BCUT2D eigenvalue weighted by atomic mass is 10.2. The van der Waals surface area contributed by atoms with E-state index in [0.29, 0.717) is 0 Å². The topological polar surface area (TPSA) is 25.0 Å². The molecular formula is C17H13NO. The Morgan fingerprint density at radius 2 is 1.74 bits per heavy atom. The first-order chi connectivity index (χ1) is 9.35. The SMILES string of the molecule is COc1ccc(C#Cc2cc3ccccc3[nH]2)cc1. The van der Waals surface area contributed by atoms with E-state index in [1.54, 1.807) is 7.11 Å². The number of H-pyrrole nitrogens is 1. The molecule has 19 heavy (non-hydrogen) atoms. The molecule has 0 aliphatic carbocycles. The van der Waals surface area contributed by atoms with Gasteiger partial charge in [-0.1, -0.05) is 24.1 Å². The lowest BCUT2D eigenvalue weighted by Gasteiger charge is -1.97. The van der Waals surface area contributed by atoms with Gasteiger partial charge in [-0.15, -0.1) is 0 Å². The zero-order valence-corrected chi connectivity index (χ0v) is 10.6. The zero-order valence-electron chi connectivity index (χ0n) is 10.6. The number of nitrogens with one attached hydrogen (secondary N) is 1. The maximum Gasteiger partial charge on any atom is 0.118 e. The van der Waals surface area contributed by atoms with Gasteiger partial charge in [0.2, 0.25) is 0 Å². The second-order valence-corrected chi connectivity index (χ2v) is 4.25. The van der Waals surface area contributed by atoms with E-state index in [4.69, 9.17) is 4.74 Å². The van der Waals surface area contributed by atoms with Gasteiger partial charge in [0.05, 0.1) is 12.8 Å². The van der Waals surface area contributed by atoms with Gasteiger partial charge >= 0.3 is 0 Å². The quantitative estimate of drug-likeness (QED) is 0.653. The molecule has 0 unspecified atom stereocenters. The average Bonchev–Trinajstić information content (AvgIpc) is 2.88. The van der Waals surface area contributed by atoms with Gasteiger partial charge in [-0.05, 0) is 42.3 Å². The van der Waals surface area contributed by atoms with Crippen LogP contribution in [0.1, 0.15) is 11.3 Å². The molecule has 0 spiro atoms. The second kappa shape index (κ2) is 4.91. The summed E-state index contributed by atoms with van der Waals surface area (Å²) in [5.41, 5.74) is 3.01. The number of methoxy groups -OCH3 is 1. The van der Waals surface area contributed by atoms with Crippen LogP contribution in [0.4, 0.5) is 0 Å². The fraction of sp³-hybridized carbons (Fsp3) is 0.0588. The van der Waals surface area contributed by atoms with E-state index in [1.807, 2.05) is 42.5 Å². The van der Waals surface area contributed by atoms with E-state index < -0.39 is 0 Å². The number of ether oxygens (including phenoxy) is 1. The van der Waals surface area contributed by atoms with Gasteiger partial charge in [0.25, 0.3) is 0 Å². The van der Waals surface area contributed by atoms with Crippen molar-refractivity contribution in [2.75, 3.05) is 7.11 Å². The molecule has 0 aliphatic heterocycles. The van der Waals surface area contributed by atoms with Crippen molar-refractivity contribution >= 4 is 10.9 Å². The molecule has 2 heteroatoms. The molecule has 0 bridgehead atoms. The lowest BCUT2D eigenvalue weighted by molar-refractivity contribution is 0.415. The predicted octanol–water partition coefficient (Wildman–Crippen LogP) is 3.58. The Hall–Kier alpha value is -2.66. The molecule has 0 fully saturated rings. The van der Waals surface area contributed by atoms with E-state index in [2.05, 4.69) is 29.0 Å². The highest BCUT2D eigenvalue weighted by Crippen LogP contribution is 2.14. The number of benzene rings is 2. The highest BCUT2D eigenvalue weighted by Gasteiger charge is 1.96. The molecule has 92 valence electrons. The molecule has 0 radical (unpaired) electrons. The van der Waals surface area contributed by atoms with Crippen molar-refractivity contribution in [3.8, 4) is 17.6 Å². The first-order valence-electron chi connectivity index (χ1n) is 6.09. The monoisotopic (exact) mass is 247 g/mol.